The molecule has 1 aliphatic rings. The van der Waals surface area contributed by atoms with E-state index in [0.29, 0.717) is 6.54 Å². The zero-order valence-electron chi connectivity index (χ0n) is 15.2. The zero-order valence-corrected chi connectivity index (χ0v) is 17.6. The molecule has 4 nitrogen and oxygen atoms in total. The molecule has 0 unspecified atom stereocenters. The van der Waals surface area contributed by atoms with Crippen LogP contribution in [0, 0.1) is 0 Å². The van der Waals surface area contributed by atoms with Crippen LogP contribution < -0.4 is 5.32 Å². The number of anilines is 1. The topological polar surface area (TPSA) is 41.1 Å². The molecule has 0 fully saturated rings. The number of thiophene rings is 1. The van der Waals surface area contributed by atoms with E-state index < -0.39 is 0 Å². The van der Waals surface area contributed by atoms with E-state index >= 15 is 0 Å². The maximum absolute atomic E-state index is 5.97. The molecular formula is C20H21ClN4S2. The summed E-state index contributed by atoms with van der Waals surface area (Å²) in [6.45, 7) is 6.58. The Balaban J connectivity index is 1.66. The van der Waals surface area contributed by atoms with Crippen LogP contribution in [0.1, 0.15) is 16.0 Å². The molecule has 1 aromatic carbocycles. The number of fused-ring (bicyclic) bond motifs is 3. The number of nitrogens with zero attached hydrogens (tertiary/aromatic N) is 3. The first-order valence-electron chi connectivity index (χ1n) is 8.87. The summed E-state index contributed by atoms with van der Waals surface area (Å²) in [5.41, 5.74) is 2.62. The number of nitrogens with one attached hydrogen (secondary N) is 1. The fourth-order valence-corrected chi connectivity index (χ4v) is 5.48. The van der Waals surface area contributed by atoms with Crippen LogP contribution in [-0.2, 0) is 18.7 Å². The lowest BCUT2D eigenvalue weighted by Crippen LogP contribution is -2.25. The van der Waals surface area contributed by atoms with E-state index in [9.17, 15) is 0 Å². The minimum Gasteiger partial charge on any atom is -0.366 e. The Bertz CT molecular complexity index is 968. The zero-order chi connectivity index (χ0) is 18.8. The van der Waals surface area contributed by atoms with Crippen molar-refractivity contribution < 1.29 is 0 Å². The summed E-state index contributed by atoms with van der Waals surface area (Å²) in [5, 5.41) is 6.18. The smallest absolute Gasteiger partial charge is 0.191 e. The van der Waals surface area contributed by atoms with Crippen LogP contribution in [-0.4, -0.2) is 35.0 Å². The number of hydrogen-bond acceptors (Lipinski definition) is 6. The van der Waals surface area contributed by atoms with E-state index in [-0.39, 0.29) is 0 Å². The molecule has 0 atom stereocenters. The Kier molecular flexibility index (Phi) is 5.68. The van der Waals surface area contributed by atoms with Crippen LogP contribution in [0.25, 0.3) is 10.2 Å². The van der Waals surface area contributed by atoms with E-state index in [2.05, 4.69) is 23.8 Å². The van der Waals surface area contributed by atoms with Gasteiger partial charge >= 0.3 is 0 Å². The molecular weight excluding hydrogens is 396 g/mol. The molecule has 0 saturated carbocycles. The molecule has 1 N–H and O–H groups in total. The standard InChI is InChI=1S/C20H21ClN4S2/c1-3-9-22-18-17-15-8-10-25(2)11-16(15)27-19(17)24-20(23-18)26-12-13-4-6-14(21)7-5-13/h3-7H,1,8-12H2,2H3,(H,22,23,24). The van der Waals surface area contributed by atoms with Gasteiger partial charge in [0.25, 0.3) is 0 Å². The molecule has 0 saturated heterocycles. The average Bonchev–Trinajstić information content (AvgIpc) is 3.03. The summed E-state index contributed by atoms with van der Waals surface area (Å²) in [4.78, 5) is 14.5. The van der Waals surface area contributed by atoms with E-state index in [4.69, 9.17) is 21.6 Å². The van der Waals surface area contributed by atoms with Crippen molar-refractivity contribution in [2.75, 3.05) is 25.5 Å². The molecule has 1 aliphatic heterocycles. The minimum atomic E-state index is 0.692. The first kappa shape index (κ1) is 18.7. The Morgan fingerprint density at radius 2 is 2.15 bits per heavy atom. The second-order valence-electron chi connectivity index (χ2n) is 6.61. The van der Waals surface area contributed by atoms with Gasteiger partial charge in [0.2, 0.25) is 0 Å². The highest BCUT2D eigenvalue weighted by molar-refractivity contribution is 7.98. The number of hydrogen-bond donors (Lipinski definition) is 1. The van der Waals surface area contributed by atoms with Gasteiger partial charge in [-0.2, -0.15) is 0 Å². The van der Waals surface area contributed by atoms with Gasteiger partial charge in [-0.3, -0.25) is 0 Å². The van der Waals surface area contributed by atoms with Gasteiger partial charge in [0, 0.05) is 35.3 Å². The first-order valence-corrected chi connectivity index (χ1v) is 11.0. The molecule has 140 valence electrons. The fourth-order valence-electron chi connectivity index (χ4n) is 3.19. The Morgan fingerprint density at radius 1 is 1.33 bits per heavy atom. The second kappa shape index (κ2) is 8.19. The molecule has 27 heavy (non-hydrogen) atoms. The number of rotatable bonds is 6. The quantitative estimate of drug-likeness (QED) is 0.339. The largest absolute Gasteiger partial charge is 0.366 e. The van der Waals surface area contributed by atoms with Crippen molar-refractivity contribution in [3.63, 3.8) is 0 Å². The summed E-state index contributed by atoms with van der Waals surface area (Å²) >= 11 is 9.43. The maximum Gasteiger partial charge on any atom is 0.191 e. The highest BCUT2D eigenvalue weighted by Crippen LogP contribution is 2.38. The SMILES string of the molecule is C=CCNc1nc(SCc2ccc(Cl)cc2)nc2sc3c(c12)CCN(C)C3. The van der Waals surface area contributed by atoms with Crippen molar-refractivity contribution in [1.82, 2.24) is 14.9 Å². The monoisotopic (exact) mass is 416 g/mol. The Morgan fingerprint density at radius 3 is 2.93 bits per heavy atom. The molecule has 4 rings (SSSR count). The van der Waals surface area contributed by atoms with Gasteiger partial charge in [-0.1, -0.05) is 41.6 Å². The van der Waals surface area contributed by atoms with Crippen LogP contribution in [0.3, 0.4) is 0 Å². The highest BCUT2D eigenvalue weighted by atomic mass is 35.5. The predicted molar refractivity (Wildman–Crippen MR) is 117 cm³/mol. The van der Waals surface area contributed by atoms with Crippen molar-refractivity contribution in [2.24, 2.45) is 0 Å². The molecule has 3 aromatic rings. The molecule has 7 heteroatoms. The van der Waals surface area contributed by atoms with Gasteiger partial charge in [-0.15, -0.1) is 17.9 Å². The number of benzene rings is 1. The molecule has 0 bridgehead atoms. The third-order valence-corrected chi connectivity index (χ3v) is 6.85. The van der Waals surface area contributed by atoms with Crippen LogP contribution in [0.15, 0.2) is 42.1 Å². The lowest BCUT2D eigenvalue weighted by Gasteiger charge is -2.22. The number of halogens is 1. The number of thioether (sulfide) groups is 1. The molecule has 0 radical (unpaired) electrons. The van der Waals surface area contributed by atoms with Crippen molar-refractivity contribution in [3.8, 4) is 0 Å². The van der Waals surface area contributed by atoms with Gasteiger partial charge in [-0.05, 0) is 36.7 Å². The van der Waals surface area contributed by atoms with Gasteiger partial charge in [-0.25, -0.2) is 9.97 Å². The molecule has 2 aromatic heterocycles. The van der Waals surface area contributed by atoms with Crippen LogP contribution in [0.2, 0.25) is 5.02 Å². The number of likely N-dealkylation sites (N-methyl/N-ethyl adjacent to an activating group) is 1. The normalized spacial score (nSPS) is 14.3. The van der Waals surface area contributed by atoms with Crippen LogP contribution in [0.4, 0.5) is 5.82 Å². The lowest BCUT2D eigenvalue weighted by atomic mass is 10.1. The second-order valence-corrected chi connectivity index (χ2v) is 9.07. The molecule has 0 aliphatic carbocycles. The van der Waals surface area contributed by atoms with Crippen molar-refractivity contribution in [3.05, 3.63) is 57.9 Å². The first-order chi connectivity index (χ1) is 13.1. The van der Waals surface area contributed by atoms with Crippen molar-refractivity contribution in [1.29, 1.82) is 0 Å². The van der Waals surface area contributed by atoms with Crippen LogP contribution >= 0.6 is 34.7 Å². The summed E-state index contributed by atoms with van der Waals surface area (Å²) < 4.78 is 0. The molecule has 0 spiro atoms. The fraction of sp³-hybridized carbons (Fsp3) is 0.300. The third kappa shape index (κ3) is 4.14. The Labute approximate surface area is 172 Å². The van der Waals surface area contributed by atoms with Gasteiger partial charge in [0.15, 0.2) is 5.16 Å². The van der Waals surface area contributed by atoms with E-state index in [1.807, 2.05) is 30.3 Å². The predicted octanol–water partition coefficient (Wildman–Crippen LogP) is 5.22. The minimum absolute atomic E-state index is 0.692. The maximum atomic E-state index is 5.97. The molecule has 0 amide bonds. The van der Waals surface area contributed by atoms with Crippen molar-refractivity contribution >= 4 is 50.7 Å². The summed E-state index contributed by atoms with van der Waals surface area (Å²) in [6, 6.07) is 7.93. The highest BCUT2D eigenvalue weighted by Gasteiger charge is 2.23. The van der Waals surface area contributed by atoms with E-state index in [1.54, 1.807) is 23.1 Å². The van der Waals surface area contributed by atoms with Crippen molar-refractivity contribution in [2.45, 2.75) is 23.9 Å². The van der Waals surface area contributed by atoms with Crippen LogP contribution in [0.5, 0.6) is 0 Å². The van der Waals surface area contributed by atoms with E-state index in [0.717, 1.165) is 46.1 Å². The summed E-state index contributed by atoms with van der Waals surface area (Å²) in [5.74, 6) is 1.75. The number of aromatic nitrogens is 2. The summed E-state index contributed by atoms with van der Waals surface area (Å²) in [6.07, 6.45) is 2.91. The third-order valence-electron chi connectivity index (χ3n) is 4.57. The van der Waals surface area contributed by atoms with Gasteiger partial charge in [0.1, 0.15) is 10.6 Å². The van der Waals surface area contributed by atoms with Gasteiger partial charge < -0.3 is 10.2 Å². The lowest BCUT2D eigenvalue weighted by molar-refractivity contribution is 0.318. The van der Waals surface area contributed by atoms with E-state index in [1.165, 1.54) is 21.4 Å². The average molecular weight is 417 g/mol. The summed E-state index contributed by atoms with van der Waals surface area (Å²) in [7, 11) is 2.17. The molecule has 3 heterocycles. The Hall–Kier alpha value is -1.60. The van der Waals surface area contributed by atoms with Gasteiger partial charge in [0.05, 0.1) is 5.39 Å².